The highest BCUT2D eigenvalue weighted by Gasteiger charge is 2.25. The van der Waals surface area contributed by atoms with Gasteiger partial charge in [0.25, 0.3) is 0 Å². The number of ether oxygens (including phenoxy) is 1. The molecule has 22 heavy (non-hydrogen) atoms. The van der Waals surface area contributed by atoms with E-state index in [0.717, 1.165) is 37.1 Å². The van der Waals surface area contributed by atoms with Crippen LogP contribution in [0.3, 0.4) is 0 Å². The molecule has 1 amide bonds. The van der Waals surface area contributed by atoms with Crippen molar-refractivity contribution in [2.24, 2.45) is 0 Å². The Morgan fingerprint density at radius 3 is 2.68 bits per heavy atom. The van der Waals surface area contributed by atoms with Crippen LogP contribution < -0.4 is 5.32 Å². The van der Waals surface area contributed by atoms with E-state index in [1.165, 1.54) is 0 Å². The van der Waals surface area contributed by atoms with Crippen molar-refractivity contribution < 1.29 is 9.53 Å². The summed E-state index contributed by atoms with van der Waals surface area (Å²) < 4.78 is 5.25. The van der Waals surface area contributed by atoms with E-state index in [1.807, 2.05) is 30.3 Å². The predicted molar refractivity (Wildman–Crippen MR) is 81.1 cm³/mol. The van der Waals surface area contributed by atoms with Crippen LogP contribution in [0, 0.1) is 0 Å². The van der Waals surface area contributed by atoms with Crippen molar-refractivity contribution in [1.29, 1.82) is 0 Å². The lowest BCUT2D eigenvalue weighted by Gasteiger charge is -2.27. The van der Waals surface area contributed by atoms with E-state index >= 15 is 0 Å². The van der Waals surface area contributed by atoms with Gasteiger partial charge in [0.1, 0.15) is 18.8 Å². The summed E-state index contributed by atoms with van der Waals surface area (Å²) in [7, 11) is 0. The molecule has 1 aliphatic rings. The zero-order valence-corrected chi connectivity index (χ0v) is 12.4. The van der Waals surface area contributed by atoms with E-state index in [4.69, 9.17) is 4.74 Å². The fourth-order valence-corrected chi connectivity index (χ4v) is 2.86. The Labute approximate surface area is 129 Å². The monoisotopic (exact) mass is 300 g/mol. The number of alkyl carbamates (subject to hydrolysis) is 1. The van der Waals surface area contributed by atoms with Gasteiger partial charge in [-0.25, -0.2) is 4.79 Å². The minimum absolute atomic E-state index is 0.183. The van der Waals surface area contributed by atoms with Gasteiger partial charge < -0.3 is 15.0 Å². The minimum atomic E-state index is -0.341. The molecule has 116 valence electrons. The highest BCUT2D eigenvalue weighted by Crippen LogP contribution is 2.30. The molecule has 1 saturated carbocycles. The lowest BCUT2D eigenvalue weighted by molar-refractivity contribution is 0.132. The number of aromatic amines is 1. The molecule has 1 fully saturated rings. The summed E-state index contributed by atoms with van der Waals surface area (Å²) in [5.41, 5.74) is 0.992. The average molecular weight is 300 g/mol. The second-order valence-corrected chi connectivity index (χ2v) is 5.63. The highest BCUT2D eigenvalue weighted by atomic mass is 16.5. The zero-order valence-electron chi connectivity index (χ0n) is 12.4. The topological polar surface area (TPSA) is 79.9 Å². The molecule has 0 bridgehead atoms. The molecule has 0 spiro atoms. The lowest BCUT2D eigenvalue weighted by atomic mass is 9.85. The fourth-order valence-electron chi connectivity index (χ4n) is 2.86. The number of hydrogen-bond acceptors (Lipinski definition) is 4. The van der Waals surface area contributed by atoms with Crippen LogP contribution in [0.25, 0.3) is 0 Å². The molecule has 6 nitrogen and oxygen atoms in total. The standard InChI is InChI=1S/C16H20N4O2/c21-16(22-10-12-4-2-1-3-5-12)19-14-8-6-13(7-9-14)15-17-11-18-20-15/h1-5,11,13-14H,6-10H2,(H,19,21)(H,17,18,20)/t13-,14-. The van der Waals surface area contributed by atoms with Crippen LogP contribution in [0.4, 0.5) is 4.79 Å². The van der Waals surface area contributed by atoms with Gasteiger partial charge in [0.2, 0.25) is 0 Å². The molecule has 0 saturated heterocycles. The van der Waals surface area contributed by atoms with Gasteiger partial charge in [-0.3, -0.25) is 0 Å². The Hall–Kier alpha value is -2.37. The first-order valence-corrected chi connectivity index (χ1v) is 7.64. The molecule has 6 heteroatoms. The Morgan fingerprint density at radius 1 is 1.23 bits per heavy atom. The van der Waals surface area contributed by atoms with Gasteiger partial charge in [-0.2, -0.15) is 0 Å². The normalized spacial score (nSPS) is 21.3. The maximum atomic E-state index is 11.8. The summed E-state index contributed by atoms with van der Waals surface area (Å²) in [6.45, 7) is 0.306. The molecule has 0 aliphatic heterocycles. The van der Waals surface area contributed by atoms with Gasteiger partial charge in [0.15, 0.2) is 0 Å². The van der Waals surface area contributed by atoms with E-state index in [2.05, 4.69) is 20.5 Å². The van der Waals surface area contributed by atoms with Gasteiger partial charge in [0.05, 0.1) is 0 Å². The largest absolute Gasteiger partial charge is 0.445 e. The number of aromatic nitrogens is 3. The molecule has 1 heterocycles. The van der Waals surface area contributed by atoms with E-state index in [9.17, 15) is 4.79 Å². The Kier molecular flexibility index (Phi) is 4.68. The van der Waals surface area contributed by atoms with Crippen molar-refractivity contribution in [3.8, 4) is 0 Å². The summed E-state index contributed by atoms with van der Waals surface area (Å²) in [5, 5.41) is 10.8. The van der Waals surface area contributed by atoms with Gasteiger partial charge in [0, 0.05) is 12.0 Å². The Balaban J connectivity index is 1.40. The molecule has 0 atom stereocenters. The van der Waals surface area contributed by atoms with Crippen molar-refractivity contribution in [2.75, 3.05) is 0 Å². The summed E-state index contributed by atoms with van der Waals surface area (Å²) in [6, 6.07) is 9.87. The van der Waals surface area contributed by atoms with Crippen LogP contribution in [-0.4, -0.2) is 27.3 Å². The van der Waals surface area contributed by atoms with Crippen LogP contribution in [0.15, 0.2) is 36.7 Å². The van der Waals surface area contributed by atoms with Gasteiger partial charge in [-0.05, 0) is 31.2 Å². The third-order valence-electron chi connectivity index (χ3n) is 4.08. The first-order chi connectivity index (χ1) is 10.8. The third-order valence-corrected chi connectivity index (χ3v) is 4.08. The second-order valence-electron chi connectivity index (χ2n) is 5.63. The summed E-state index contributed by atoms with van der Waals surface area (Å²) in [6.07, 6.45) is 5.14. The van der Waals surface area contributed by atoms with Crippen LogP contribution in [-0.2, 0) is 11.3 Å². The molecule has 0 unspecified atom stereocenters. The van der Waals surface area contributed by atoms with Gasteiger partial charge in [-0.15, -0.1) is 10.2 Å². The van der Waals surface area contributed by atoms with E-state index in [-0.39, 0.29) is 12.1 Å². The molecule has 2 aromatic rings. The zero-order chi connectivity index (χ0) is 15.2. The summed E-state index contributed by atoms with van der Waals surface area (Å²) >= 11 is 0. The van der Waals surface area contributed by atoms with E-state index in [1.54, 1.807) is 6.33 Å². The number of hydrogen-bond donors (Lipinski definition) is 2. The van der Waals surface area contributed by atoms with Crippen LogP contribution >= 0.6 is 0 Å². The third kappa shape index (κ3) is 3.84. The van der Waals surface area contributed by atoms with Crippen molar-refractivity contribution in [2.45, 2.75) is 44.2 Å². The Morgan fingerprint density at radius 2 is 2.00 bits per heavy atom. The maximum absolute atomic E-state index is 11.8. The van der Waals surface area contributed by atoms with Crippen molar-refractivity contribution in [3.63, 3.8) is 0 Å². The molecular formula is C16H20N4O2. The fraction of sp³-hybridized carbons (Fsp3) is 0.438. The van der Waals surface area contributed by atoms with Crippen molar-refractivity contribution >= 4 is 6.09 Å². The second kappa shape index (κ2) is 7.06. The van der Waals surface area contributed by atoms with Crippen LogP contribution in [0.1, 0.15) is 43.0 Å². The predicted octanol–water partition coefficient (Wildman–Crippen LogP) is 2.76. The minimum Gasteiger partial charge on any atom is -0.445 e. The van der Waals surface area contributed by atoms with Gasteiger partial charge in [-0.1, -0.05) is 30.3 Å². The average Bonchev–Trinajstić information content (AvgIpc) is 3.09. The lowest BCUT2D eigenvalue weighted by Crippen LogP contribution is -2.37. The smallest absolute Gasteiger partial charge is 0.407 e. The molecular weight excluding hydrogens is 280 g/mol. The van der Waals surface area contributed by atoms with Crippen molar-refractivity contribution in [1.82, 2.24) is 20.5 Å². The molecule has 1 aliphatic carbocycles. The molecule has 3 rings (SSSR count). The number of carbonyl (C=O) groups is 1. The SMILES string of the molecule is O=C(N[C@H]1CC[C@H](c2nnc[nH]2)CC1)OCc1ccccc1. The van der Waals surface area contributed by atoms with Crippen molar-refractivity contribution in [3.05, 3.63) is 48.0 Å². The Bertz CT molecular complexity index is 577. The van der Waals surface area contributed by atoms with Crippen LogP contribution in [0.2, 0.25) is 0 Å². The first-order valence-electron chi connectivity index (χ1n) is 7.64. The maximum Gasteiger partial charge on any atom is 0.407 e. The van der Waals surface area contributed by atoms with Crippen LogP contribution in [0.5, 0.6) is 0 Å². The summed E-state index contributed by atoms with van der Waals surface area (Å²) in [5.74, 6) is 1.37. The molecule has 1 aromatic carbocycles. The highest BCUT2D eigenvalue weighted by molar-refractivity contribution is 5.67. The molecule has 0 radical (unpaired) electrons. The quantitative estimate of drug-likeness (QED) is 0.910. The van der Waals surface area contributed by atoms with E-state index in [0.29, 0.717) is 12.5 Å². The number of rotatable bonds is 4. The molecule has 2 N–H and O–H groups in total. The van der Waals surface area contributed by atoms with E-state index < -0.39 is 0 Å². The van der Waals surface area contributed by atoms with Gasteiger partial charge >= 0.3 is 6.09 Å². The summed E-state index contributed by atoms with van der Waals surface area (Å²) in [4.78, 5) is 14.9. The number of carbonyl (C=O) groups excluding carboxylic acids is 1. The number of nitrogens with zero attached hydrogens (tertiary/aromatic N) is 2. The number of nitrogens with one attached hydrogen (secondary N) is 2. The number of benzene rings is 1. The first kappa shape index (κ1) is 14.6. The number of H-pyrrole nitrogens is 1. The number of amides is 1. The molecule has 1 aromatic heterocycles.